The van der Waals surface area contributed by atoms with Crippen molar-refractivity contribution in [3.05, 3.63) is 88.0 Å². The van der Waals surface area contributed by atoms with Crippen molar-refractivity contribution >= 4 is 22.9 Å². The molecule has 4 aromatic rings. The molecule has 1 aliphatic rings. The molecule has 0 bridgehead atoms. The van der Waals surface area contributed by atoms with Gasteiger partial charge < -0.3 is 14.4 Å². The monoisotopic (exact) mass is 497 g/mol. The van der Waals surface area contributed by atoms with E-state index in [0.29, 0.717) is 30.7 Å². The van der Waals surface area contributed by atoms with E-state index in [1.165, 1.54) is 11.1 Å². The zero-order valence-corrected chi connectivity index (χ0v) is 21.5. The molecule has 37 heavy (non-hydrogen) atoms. The molecule has 1 saturated heterocycles. The highest BCUT2D eigenvalue weighted by molar-refractivity contribution is 5.94. The predicted molar refractivity (Wildman–Crippen MR) is 144 cm³/mol. The van der Waals surface area contributed by atoms with Crippen LogP contribution in [-0.4, -0.2) is 57.0 Å². The van der Waals surface area contributed by atoms with Gasteiger partial charge >= 0.3 is 0 Å². The molecular formula is C29H31N5O3. The highest BCUT2D eigenvalue weighted by Crippen LogP contribution is 2.22. The van der Waals surface area contributed by atoms with Crippen LogP contribution in [0.25, 0.3) is 16.8 Å². The van der Waals surface area contributed by atoms with Crippen LogP contribution >= 0.6 is 0 Å². The first-order chi connectivity index (χ1) is 17.8. The minimum absolute atomic E-state index is 0.0441. The number of benzene rings is 2. The summed E-state index contributed by atoms with van der Waals surface area (Å²) in [6.45, 7) is 8.73. The number of nitrogens with zero attached hydrogens (tertiary/aromatic N) is 5. The Kier molecular flexibility index (Phi) is 6.65. The van der Waals surface area contributed by atoms with Crippen LogP contribution < -0.4 is 10.5 Å². The van der Waals surface area contributed by atoms with E-state index in [1.807, 2.05) is 41.3 Å². The van der Waals surface area contributed by atoms with Crippen molar-refractivity contribution in [2.24, 2.45) is 0 Å². The summed E-state index contributed by atoms with van der Waals surface area (Å²) in [6.07, 6.45) is 3.73. The van der Waals surface area contributed by atoms with E-state index >= 15 is 0 Å². The Hall–Kier alpha value is -4.20. The Morgan fingerprint density at radius 3 is 2.30 bits per heavy atom. The summed E-state index contributed by atoms with van der Waals surface area (Å²) in [6, 6.07) is 15.6. The summed E-state index contributed by atoms with van der Waals surface area (Å²) in [7, 11) is 0. The second-order valence-electron chi connectivity index (χ2n) is 9.68. The molecule has 2 aromatic heterocycles. The lowest BCUT2D eigenvalue weighted by atomic mass is 10.0. The zero-order valence-electron chi connectivity index (χ0n) is 21.5. The lowest BCUT2D eigenvalue weighted by molar-refractivity contribution is -0.131. The number of carbonyl (C=O) groups excluding carboxylic acids is 2. The van der Waals surface area contributed by atoms with Crippen LogP contribution in [0.5, 0.6) is 0 Å². The number of fused-ring (bicyclic) bond motifs is 1. The second kappa shape index (κ2) is 10.0. The molecule has 0 atom stereocenters. The summed E-state index contributed by atoms with van der Waals surface area (Å²) in [4.78, 5) is 41.6. The highest BCUT2D eigenvalue weighted by atomic mass is 16.2. The minimum Gasteiger partial charge on any atom is -0.368 e. The van der Waals surface area contributed by atoms with Gasteiger partial charge in [0.05, 0.1) is 5.69 Å². The standard InChI is InChI=1S/C29H31N5O3/c1-20-4-5-24(18-21(20)2)26-19-27-29(37)33(16-17-34(27)30-26)11-10-28(36)32-14-12-31(13-15-32)25-8-6-23(7-9-25)22(3)35/h4-9,16-19H,10-15H2,1-3H3. The van der Waals surface area contributed by atoms with Gasteiger partial charge in [-0.25, -0.2) is 4.52 Å². The van der Waals surface area contributed by atoms with E-state index in [-0.39, 0.29) is 23.7 Å². The quantitative estimate of drug-likeness (QED) is 0.380. The average Bonchev–Trinajstić information content (AvgIpc) is 3.35. The van der Waals surface area contributed by atoms with Crippen molar-refractivity contribution in [3.63, 3.8) is 0 Å². The van der Waals surface area contributed by atoms with Gasteiger partial charge in [0.25, 0.3) is 5.56 Å². The van der Waals surface area contributed by atoms with Gasteiger partial charge in [0, 0.05) is 68.4 Å². The van der Waals surface area contributed by atoms with Crippen LogP contribution in [0.15, 0.2) is 65.7 Å². The van der Waals surface area contributed by atoms with E-state index in [0.717, 1.165) is 30.0 Å². The molecule has 1 fully saturated rings. The third-order valence-electron chi connectivity index (χ3n) is 7.24. The van der Waals surface area contributed by atoms with Gasteiger partial charge in [0.15, 0.2) is 5.78 Å². The molecule has 0 unspecified atom stereocenters. The molecule has 0 aliphatic carbocycles. The number of aryl methyl sites for hydroxylation is 3. The molecule has 5 rings (SSSR count). The smallest absolute Gasteiger partial charge is 0.276 e. The third kappa shape index (κ3) is 5.05. The van der Waals surface area contributed by atoms with E-state index in [4.69, 9.17) is 0 Å². The van der Waals surface area contributed by atoms with Gasteiger partial charge in [-0.3, -0.25) is 14.4 Å². The lowest BCUT2D eigenvalue weighted by Crippen LogP contribution is -2.49. The number of piperazine rings is 1. The molecule has 0 radical (unpaired) electrons. The highest BCUT2D eigenvalue weighted by Gasteiger charge is 2.21. The van der Waals surface area contributed by atoms with E-state index in [9.17, 15) is 14.4 Å². The van der Waals surface area contributed by atoms with Crippen LogP contribution in [0.1, 0.15) is 34.8 Å². The van der Waals surface area contributed by atoms with Crippen molar-refractivity contribution in [1.82, 2.24) is 19.1 Å². The van der Waals surface area contributed by atoms with Crippen molar-refractivity contribution < 1.29 is 9.59 Å². The molecule has 3 heterocycles. The maximum absolute atomic E-state index is 13.1. The Morgan fingerprint density at radius 1 is 0.892 bits per heavy atom. The van der Waals surface area contributed by atoms with Crippen LogP contribution in [0.3, 0.4) is 0 Å². The first-order valence-corrected chi connectivity index (χ1v) is 12.6. The maximum Gasteiger partial charge on any atom is 0.276 e. The molecule has 0 saturated carbocycles. The van der Waals surface area contributed by atoms with E-state index in [2.05, 4.69) is 36.0 Å². The van der Waals surface area contributed by atoms with Crippen LogP contribution in [0.4, 0.5) is 5.69 Å². The van der Waals surface area contributed by atoms with Crippen molar-refractivity contribution in [3.8, 4) is 11.3 Å². The minimum atomic E-state index is -0.156. The van der Waals surface area contributed by atoms with Gasteiger partial charge in [-0.2, -0.15) is 5.10 Å². The average molecular weight is 498 g/mol. The van der Waals surface area contributed by atoms with Crippen molar-refractivity contribution in [2.75, 3.05) is 31.1 Å². The Labute approximate surface area is 215 Å². The Balaban J connectivity index is 1.21. The second-order valence-corrected chi connectivity index (χ2v) is 9.68. The zero-order chi connectivity index (χ0) is 26.1. The van der Waals surface area contributed by atoms with Crippen molar-refractivity contribution in [2.45, 2.75) is 33.7 Å². The van der Waals surface area contributed by atoms with E-state index < -0.39 is 0 Å². The van der Waals surface area contributed by atoms with Gasteiger partial charge in [0.1, 0.15) is 5.52 Å². The first kappa shape index (κ1) is 24.5. The molecule has 0 spiro atoms. The summed E-state index contributed by atoms with van der Waals surface area (Å²) in [5, 5.41) is 4.58. The number of amides is 1. The fourth-order valence-corrected chi connectivity index (χ4v) is 4.74. The van der Waals surface area contributed by atoms with Crippen LogP contribution in [-0.2, 0) is 11.3 Å². The summed E-state index contributed by atoms with van der Waals surface area (Å²) in [5.74, 6) is 0.0953. The molecule has 8 heteroatoms. The fraction of sp³-hybridized carbons (Fsp3) is 0.310. The molecule has 2 aromatic carbocycles. The number of Topliss-reactive ketones (excluding diaryl/α,β-unsaturated/α-hetero) is 1. The Morgan fingerprint density at radius 2 is 1.62 bits per heavy atom. The number of anilines is 1. The first-order valence-electron chi connectivity index (χ1n) is 12.6. The van der Waals surface area contributed by atoms with Crippen LogP contribution in [0.2, 0.25) is 0 Å². The van der Waals surface area contributed by atoms with Crippen LogP contribution in [0, 0.1) is 13.8 Å². The molecule has 1 amide bonds. The van der Waals surface area contributed by atoms with Gasteiger partial charge in [-0.15, -0.1) is 0 Å². The number of aromatic nitrogens is 3. The number of rotatable bonds is 6. The third-order valence-corrected chi connectivity index (χ3v) is 7.24. The SMILES string of the molecule is CC(=O)c1ccc(N2CCN(C(=O)CCn3ccn4nc(-c5ccc(C)c(C)c5)cc4c3=O)CC2)cc1. The van der Waals surface area contributed by atoms with Gasteiger partial charge in [-0.1, -0.05) is 12.1 Å². The van der Waals surface area contributed by atoms with E-state index in [1.54, 1.807) is 28.4 Å². The fourth-order valence-electron chi connectivity index (χ4n) is 4.74. The van der Waals surface area contributed by atoms with Gasteiger partial charge in [0.2, 0.25) is 5.91 Å². The number of carbonyl (C=O) groups is 2. The maximum atomic E-state index is 13.1. The summed E-state index contributed by atoms with van der Waals surface area (Å²) < 4.78 is 3.19. The Bertz CT molecular complexity index is 1530. The normalized spacial score (nSPS) is 13.8. The molecule has 0 N–H and O–H groups in total. The summed E-state index contributed by atoms with van der Waals surface area (Å²) in [5.41, 5.74) is 6.21. The molecule has 1 aliphatic heterocycles. The molecule has 190 valence electrons. The van der Waals surface area contributed by atoms with Crippen molar-refractivity contribution in [1.29, 1.82) is 0 Å². The summed E-state index contributed by atoms with van der Waals surface area (Å²) >= 11 is 0. The number of ketones is 1. The number of hydrogen-bond acceptors (Lipinski definition) is 5. The number of hydrogen-bond donors (Lipinski definition) is 0. The molecular weight excluding hydrogens is 466 g/mol. The topological polar surface area (TPSA) is 79.9 Å². The van der Waals surface area contributed by atoms with Gasteiger partial charge in [-0.05, 0) is 68.3 Å². The lowest BCUT2D eigenvalue weighted by Gasteiger charge is -2.36. The molecule has 8 nitrogen and oxygen atoms in total. The predicted octanol–water partition coefficient (Wildman–Crippen LogP) is 3.72. The largest absolute Gasteiger partial charge is 0.368 e.